The van der Waals surface area contributed by atoms with Crippen LogP contribution >= 0.6 is 11.8 Å². The minimum atomic E-state index is -2.78. The molecule has 8 aromatic carbocycles. The number of nitrogens with zero attached hydrogens (tertiary/aromatic N) is 1. The molecule has 9 aromatic rings. The largest absolute Gasteiger partial charge is 0.309 e. The van der Waals surface area contributed by atoms with Crippen molar-refractivity contribution < 1.29 is 0 Å². The highest BCUT2D eigenvalue weighted by Crippen LogP contribution is 2.57. The normalized spacial score (nSPS) is 14.8. The van der Waals surface area contributed by atoms with E-state index in [1.165, 1.54) is 80.3 Å². The molecule has 2 aliphatic heterocycles. The van der Waals surface area contributed by atoms with Gasteiger partial charge >= 0.3 is 0 Å². The van der Waals surface area contributed by atoms with Gasteiger partial charge in [0.15, 0.2) is 8.07 Å². The van der Waals surface area contributed by atoms with Crippen molar-refractivity contribution in [3.8, 4) is 5.69 Å². The highest BCUT2D eigenvalue weighted by molar-refractivity contribution is 7.99. The Morgan fingerprint density at radius 2 is 0.846 bits per heavy atom. The number of hydrogen-bond donors (Lipinski definition) is 0. The molecule has 11 rings (SSSR count). The molecule has 0 amide bonds. The minimum absolute atomic E-state index is 0.529. The second-order valence-electron chi connectivity index (χ2n) is 14.0. The van der Waals surface area contributed by atoms with E-state index in [1.54, 1.807) is 0 Å². The van der Waals surface area contributed by atoms with Crippen LogP contribution in [-0.4, -0.2) is 12.6 Å². The van der Waals surface area contributed by atoms with E-state index in [0.717, 1.165) is 0 Å². The SMILES string of the molecule is c1ccc([Si]2(c3ccccc3)c3ccccc3C3(c4ccccc4Sc4ccc(-n5c6ccccc6c6ccccc65)cc43)c3ccccc32)cc1. The van der Waals surface area contributed by atoms with Crippen LogP contribution in [0.25, 0.3) is 27.5 Å². The summed E-state index contributed by atoms with van der Waals surface area (Å²) in [7, 11) is -2.78. The van der Waals surface area contributed by atoms with Crippen molar-refractivity contribution in [2.75, 3.05) is 0 Å². The Morgan fingerprint density at radius 1 is 0.385 bits per heavy atom. The zero-order valence-electron chi connectivity index (χ0n) is 28.4. The van der Waals surface area contributed by atoms with Crippen LogP contribution in [0.15, 0.2) is 210 Å². The van der Waals surface area contributed by atoms with E-state index in [4.69, 9.17) is 0 Å². The average molecular weight is 696 g/mol. The first-order chi connectivity index (χ1) is 25.8. The van der Waals surface area contributed by atoms with Gasteiger partial charge in [-0.15, -0.1) is 0 Å². The van der Waals surface area contributed by atoms with E-state index < -0.39 is 13.5 Å². The molecular formula is C49H33NSSi. The van der Waals surface area contributed by atoms with Crippen molar-refractivity contribution in [3.63, 3.8) is 0 Å². The summed E-state index contributed by atoms with van der Waals surface area (Å²) in [6.45, 7) is 0. The molecule has 0 bridgehead atoms. The summed E-state index contributed by atoms with van der Waals surface area (Å²) in [5.41, 5.74) is 8.60. The Labute approximate surface area is 308 Å². The van der Waals surface area contributed by atoms with E-state index >= 15 is 0 Å². The molecule has 0 unspecified atom stereocenters. The van der Waals surface area contributed by atoms with Gasteiger partial charge in [-0.05, 0) is 79.4 Å². The zero-order chi connectivity index (χ0) is 34.3. The summed E-state index contributed by atoms with van der Waals surface area (Å²) in [5, 5.41) is 8.30. The molecule has 0 atom stereocenters. The first-order valence-electron chi connectivity index (χ1n) is 18.0. The molecule has 3 heteroatoms. The standard InChI is InChI=1S/C49H33NSSi/c1-3-17-35(18-4-1)52(36-19-5-2-6-20-36)47-29-15-10-24-40(47)49(41-25-11-16-30-48(41)52)39-23-9-14-28-45(39)51-46-32-31-34(33-42(46)49)50-43-26-12-7-21-37(43)38-22-8-13-27-44(38)50/h1-33H. The van der Waals surface area contributed by atoms with Gasteiger partial charge in [0.05, 0.1) is 16.4 Å². The van der Waals surface area contributed by atoms with E-state index in [2.05, 4.69) is 205 Å². The monoisotopic (exact) mass is 695 g/mol. The Balaban J connectivity index is 1.31. The van der Waals surface area contributed by atoms with Crippen molar-refractivity contribution in [2.24, 2.45) is 0 Å². The lowest BCUT2D eigenvalue weighted by molar-refractivity contribution is 0.706. The lowest BCUT2D eigenvalue weighted by Crippen LogP contribution is -2.79. The quantitative estimate of drug-likeness (QED) is 0.167. The molecule has 2 aliphatic rings. The van der Waals surface area contributed by atoms with Crippen molar-refractivity contribution in [3.05, 3.63) is 222 Å². The molecule has 244 valence electrons. The van der Waals surface area contributed by atoms with Gasteiger partial charge in [0.1, 0.15) is 0 Å². The van der Waals surface area contributed by atoms with Crippen molar-refractivity contribution in [2.45, 2.75) is 15.2 Å². The number of rotatable bonds is 3. The van der Waals surface area contributed by atoms with Crippen molar-refractivity contribution >= 4 is 62.4 Å². The van der Waals surface area contributed by atoms with Gasteiger partial charge in [-0.1, -0.05) is 176 Å². The third kappa shape index (κ3) is 3.84. The summed E-state index contributed by atoms with van der Waals surface area (Å²) < 4.78 is 2.47. The first kappa shape index (κ1) is 29.8. The topological polar surface area (TPSA) is 4.93 Å². The van der Waals surface area contributed by atoms with Crippen LogP contribution in [0.5, 0.6) is 0 Å². The summed E-state index contributed by atoms with van der Waals surface area (Å²) in [4.78, 5) is 2.62. The highest BCUT2D eigenvalue weighted by Gasteiger charge is 2.57. The van der Waals surface area contributed by atoms with Gasteiger partial charge in [0, 0.05) is 26.3 Å². The van der Waals surface area contributed by atoms with E-state index in [9.17, 15) is 0 Å². The molecule has 1 aromatic heterocycles. The van der Waals surface area contributed by atoms with E-state index in [-0.39, 0.29) is 0 Å². The summed E-state index contributed by atoms with van der Waals surface area (Å²) in [6, 6.07) is 75.7. The van der Waals surface area contributed by atoms with Gasteiger partial charge < -0.3 is 4.57 Å². The maximum absolute atomic E-state index is 2.78. The molecule has 1 nitrogen and oxygen atoms in total. The third-order valence-corrected chi connectivity index (χ3v) is 17.6. The predicted octanol–water partition coefficient (Wildman–Crippen LogP) is 9.32. The van der Waals surface area contributed by atoms with Gasteiger partial charge in [0.25, 0.3) is 0 Å². The fourth-order valence-electron chi connectivity index (χ4n) is 9.68. The van der Waals surface area contributed by atoms with Crippen LogP contribution in [-0.2, 0) is 5.41 Å². The van der Waals surface area contributed by atoms with Crippen molar-refractivity contribution in [1.82, 2.24) is 4.57 Å². The van der Waals surface area contributed by atoms with Crippen LogP contribution in [0.3, 0.4) is 0 Å². The summed E-state index contributed by atoms with van der Waals surface area (Å²) >= 11 is 1.91. The Hall–Kier alpha value is -5.87. The Bertz CT molecular complexity index is 2690. The smallest absolute Gasteiger partial charge is 0.180 e. The number of fused-ring (bicyclic) bond motifs is 11. The third-order valence-electron chi connectivity index (χ3n) is 11.6. The maximum Gasteiger partial charge on any atom is 0.180 e. The Kier molecular flexibility index (Phi) is 6.49. The molecule has 52 heavy (non-hydrogen) atoms. The lowest BCUT2D eigenvalue weighted by Gasteiger charge is -2.51. The van der Waals surface area contributed by atoms with Gasteiger partial charge in [-0.3, -0.25) is 0 Å². The second-order valence-corrected chi connectivity index (χ2v) is 18.8. The number of benzene rings is 8. The zero-order valence-corrected chi connectivity index (χ0v) is 30.2. The fraction of sp³-hybridized carbons (Fsp3) is 0.0204. The number of aromatic nitrogens is 1. The van der Waals surface area contributed by atoms with Crippen molar-refractivity contribution in [1.29, 1.82) is 0 Å². The fourth-order valence-corrected chi connectivity index (χ4v) is 16.1. The molecule has 3 heterocycles. The maximum atomic E-state index is 2.52. The molecule has 1 spiro atoms. The number of para-hydroxylation sites is 2. The van der Waals surface area contributed by atoms with Gasteiger partial charge in [-0.25, -0.2) is 0 Å². The second kappa shape index (κ2) is 11.3. The minimum Gasteiger partial charge on any atom is -0.309 e. The predicted molar refractivity (Wildman–Crippen MR) is 220 cm³/mol. The molecule has 0 aliphatic carbocycles. The lowest BCUT2D eigenvalue weighted by atomic mass is 9.64. The van der Waals surface area contributed by atoms with Crippen LogP contribution in [0, 0.1) is 0 Å². The van der Waals surface area contributed by atoms with Gasteiger partial charge in [-0.2, -0.15) is 0 Å². The Morgan fingerprint density at radius 3 is 1.44 bits per heavy atom. The molecule has 0 radical (unpaired) electrons. The van der Waals surface area contributed by atoms with Gasteiger partial charge in [0.2, 0.25) is 0 Å². The van der Waals surface area contributed by atoms with Crippen LogP contribution in [0.2, 0.25) is 0 Å². The molecule has 0 N–H and O–H groups in total. The molecule has 0 saturated carbocycles. The first-order valence-corrected chi connectivity index (χ1v) is 20.8. The summed E-state index contributed by atoms with van der Waals surface area (Å²) in [5.74, 6) is 0. The van der Waals surface area contributed by atoms with Crippen LogP contribution < -0.4 is 20.7 Å². The van der Waals surface area contributed by atoms with Crippen LogP contribution in [0.1, 0.15) is 22.3 Å². The summed E-state index contributed by atoms with van der Waals surface area (Å²) in [6.07, 6.45) is 0. The van der Waals surface area contributed by atoms with Crippen LogP contribution in [0.4, 0.5) is 0 Å². The number of hydrogen-bond acceptors (Lipinski definition) is 1. The average Bonchev–Trinajstić information content (AvgIpc) is 3.56. The molecule has 0 fully saturated rings. The molecular weight excluding hydrogens is 663 g/mol. The highest BCUT2D eigenvalue weighted by atomic mass is 32.2. The van der Waals surface area contributed by atoms with E-state index in [0.29, 0.717) is 0 Å². The van der Waals surface area contributed by atoms with E-state index in [1.807, 2.05) is 11.8 Å². The molecule has 0 saturated heterocycles.